The molecule has 4 amide bonds. The highest BCUT2D eigenvalue weighted by atomic mass is 32.2. The molecule has 1 aliphatic heterocycles. The average molecular weight is 620 g/mol. The van der Waals surface area contributed by atoms with Gasteiger partial charge < -0.3 is 31.3 Å². The van der Waals surface area contributed by atoms with Gasteiger partial charge in [0.25, 0.3) is 5.91 Å². The first kappa shape index (κ1) is 32.8. The molecular weight excluding hydrogens is 578 g/mol. The van der Waals surface area contributed by atoms with Crippen LogP contribution in [-0.4, -0.2) is 64.2 Å². The van der Waals surface area contributed by atoms with E-state index in [1.165, 1.54) is 0 Å². The second-order valence-electron chi connectivity index (χ2n) is 11.6. The topological polar surface area (TPSA) is 140 Å². The van der Waals surface area contributed by atoms with Crippen LogP contribution in [0.5, 0.6) is 0 Å². The Kier molecular flexibility index (Phi) is 10.9. The van der Waals surface area contributed by atoms with E-state index >= 15 is 0 Å². The number of rotatable bonds is 11. The molecule has 4 rings (SSSR count). The Balaban J connectivity index is 1.54. The van der Waals surface area contributed by atoms with Crippen molar-refractivity contribution in [1.29, 1.82) is 0 Å². The molecule has 2 unspecified atom stereocenters. The fourth-order valence-corrected chi connectivity index (χ4v) is 6.44. The zero-order chi connectivity index (χ0) is 31.9. The largest absolute Gasteiger partial charge is 0.393 e. The van der Waals surface area contributed by atoms with Gasteiger partial charge in [0, 0.05) is 24.6 Å². The van der Waals surface area contributed by atoms with Crippen LogP contribution in [0.1, 0.15) is 39.2 Å². The normalized spacial score (nSPS) is 17.3. The number of carbonyl (C=O) groups is 3. The third kappa shape index (κ3) is 8.52. The summed E-state index contributed by atoms with van der Waals surface area (Å²) < 4.78 is 13.4. The van der Waals surface area contributed by atoms with E-state index in [-0.39, 0.29) is 36.6 Å². The van der Waals surface area contributed by atoms with Gasteiger partial charge in [-0.3, -0.25) is 13.8 Å². The van der Waals surface area contributed by atoms with Gasteiger partial charge in [0.15, 0.2) is 0 Å². The molecule has 3 aromatic carbocycles. The van der Waals surface area contributed by atoms with E-state index in [0.29, 0.717) is 29.2 Å². The molecule has 0 saturated heterocycles. The number of hydrogen-bond acceptors (Lipinski definition) is 6. The van der Waals surface area contributed by atoms with E-state index in [1.54, 1.807) is 43.1 Å². The summed E-state index contributed by atoms with van der Waals surface area (Å²) in [7, 11) is 0.0464. The van der Waals surface area contributed by atoms with E-state index in [4.69, 9.17) is 0 Å². The molecule has 1 aliphatic rings. The van der Waals surface area contributed by atoms with Crippen LogP contribution in [-0.2, 0) is 26.9 Å². The SMILES string of the molecule is CNC(=O)Nc1ccccc1-c1ccc(CN2C(=O)[C@H](NC(=O)CC(C)(C)NCCC(C)O)CS(=O)c3ccccc32)cc1. The van der Waals surface area contributed by atoms with E-state index in [0.717, 1.165) is 16.7 Å². The van der Waals surface area contributed by atoms with E-state index in [9.17, 15) is 23.7 Å². The van der Waals surface area contributed by atoms with Crippen LogP contribution >= 0.6 is 0 Å². The average Bonchev–Trinajstić information content (AvgIpc) is 3.07. The van der Waals surface area contributed by atoms with Crippen molar-refractivity contribution in [1.82, 2.24) is 16.0 Å². The minimum atomic E-state index is -1.51. The fraction of sp³-hybridized carbons (Fsp3) is 0.364. The Morgan fingerprint density at radius 1 is 1.05 bits per heavy atom. The number of aliphatic hydroxyl groups excluding tert-OH is 1. The van der Waals surface area contributed by atoms with Crippen LogP contribution in [0.25, 0.3) is 11.1 Å². The lowest BCUT2D eigenvalue weighted by Crippen LogP contribution is -2.52. The van der Waals surface area contributed by atoms with E-state index in [2.05, 4.69) is 21.3 Å². The van der Waals surface area contributed by atoms with Crippen LogP contribution < -0.4 is 26.2 Å². The fourth-order valence-electron chi connectivity index (χ4n) is 5.09. The van der Waals surface area contributed by atoms with Gasteiger partial charge in [0.2, 0.25) is 5.91 Å². The maximum Gasteiger partial charge on any atom is 0.318 e. The molecule has 44 heavy (non-hydrogen) atoms. The smallest absolute Gasteiger partial charge is 0.318 e. The number of fused-ring (bicyclic) bond motifs is 1. The lowest BCUT2D eigenvalue weighted by Gasteiger charge is -2.29. The first-order valence-electron chi connectivity index (χ1n) is 14.7. The van der Waals surface area contributed by atoms with Crippen molar-refractivity contribution in [3.63, 3.8) is 0 Å². The molecular formula is C33H41N5O5S. The van der Waals surface area contributed by atoms with Crippen molar-refractivity contribution in [2.75, 3.05) is 29.6 Å². The standard InChI is InChI=1S/C33H41N5O5S/c1-22(39)17-18-35-33(2,3)19-30(40)36-27-21-44(43)29-12-8-7-11-28(29)38(31(27)41)20-23-13-15-24(16-14-23)25-9-5-6-10-26(25)37-32(42)34-4/h5-16,22,27,35,39H,17-21H2,1-4H3,(H,36,40)(H2,34,37,42)/t22?,27-,44?/m1/s1. The number of nitrogens with one attached hydrogen (secondary N) is 4. The second-order valence-corrected chi connectivity index (χ2v) is 13.1. The van der Waals surface area contributed by atoms with Gasteiger partial charge in [-0.25, -0.2) is 4.79 Å². The molecule has 0 radical (unpaired) electrons. The Hall–Kier alpha value is -4.06. The minimum Gasteiger partial charge on any atom is -0.393 e. The molecule has 234 valence electrons. The molecule has 0 aromatic heterocycles. The Bertz CT molecular complexity index is 1510. The summed E-state index contributed by atoms with van der Waals surface area (Å²) in [4.78, 5) is 41.1. The number of urea groups is 1. The lowest BCUT2D eigenvalue weighted by molar-refractivity contribution is -0.127. The minimum absolute atomic E-state index is 0.0258. The van der Waals surface area contributed by atoms with Gasteiger partial charge in [0.05, 0.1) is 45.5 Å². The number of benzene rings is 3. The zero-order valence-corrected chi connectivity index (χ0v) is 26.4. The van der Waals surface area contributed by atoms with Gasteiger partial charge in [0.1, 0.15) is 6.04 Å². The monoisotopic (exact) mass is 619 g/mol. The summed E-state index contributed by atoms with van der Waals surface area (Å²) in [5.41, 5.74) is 3.23. The summed E-state index contributed by atoms with van der Waals surface area (Å²) in [6, 6.07) is 21.0. The van der Waals surface area contributed by atoms with Crippen molar-refractivity contribution in [3.05, 3.63) is 78.4 Å². The van der Waals surface area contributed by atoms with Crippen molar-refractivity contribution in [2.24, 2.45) is 0 Å². The number of amides is 4. The van der Waals surface area contributed by atoms with Gasteiger partial charge in [-0.15, -0.1) is 0 Å². The molecule has 0 spiro atoms. The van der Waals surface area contributed by atoms with E-state index < -0.39 is 28.5 Å². The third-order valence-corrected chi connectivity index (χ3v) is 8.87. The number of nitrogens with zero attached hydrogens (tertiary/aromatic N) is 1. The first-order valence-corrected chi connectivity index (χ1v) is 16.0. The first-order chi connectivity index (χ1) is 21.0. The van der Waals surface area contributed by atoms with Crippen LogP contribution in [0.3, 0.4) is 0 Å². The summed E-state index contributed by atoms with van der Waals surface area (Å²) in [6.07, 6.45) is 0.212. The van der Waals surface area contributed by atoms with Crippen molar-refractivity contribution in [3.8, 4) is 11.1 Å². The number of hydrogen-bond donors (Lipinski definition) is 5. The van der Waals surface area contributed by atoms with Crippen LogP contribution in [0.4, 0.5) is 16.2 Å². The predicted molar refractivity (Wildman–Crippen MR) is 174 cm³/mol. The van der Waals surface area contributed by atoms with Crippen LogP contribution in [0.15, 0.2) is 77.7 Å². The Labute approximate surface area is 261 Å². The third-order valence-electron chi connectivity index (χ3n) is 7.39. The molecule has 0 bridgehead atoms. The Morgan fingerprint density at radius 3 is 2.43 bits per heavy atom. The van der Waals surface area contributed by atoms with Crippen LogP contribution in [0.2, 0.25) is 0 Å². The molecule has 1 heterocycles. The molecule has 3 atom stereocenters. The quantitative estimate of drug-likeness (QED) is 0.221. The number of carbonyl (C=O) groups excluding carboxylic acids is 3. The highest BCUT2D eigenvalue weighted by Gasteiger charge is 2.35. The van der Waals surface area contributed by atoms with Gasteiger partial charge in [-0.1, -0.05) is 54.6 Å². The lowest BCUT2D eigenvalue weighted by atomic mass is 9.99. The molecule has 3 aromatic rings. The number of para-hydroxylation sites is 2. The van der Waals surface area contributed by atoms with E-state index in [1.807, 2.05) is 62.4 Å². The number of aliphatic hydroxyl groups is 1. The van der Waals surface area contributed by atoms with Gasteiger partial charge in [-0.05, 0) is 63.1 Å². The van der Waals surface area contributed by atoms with Gasteiger partial charge in [-0.2, -0.15) is 0 Å². The molecule has 0 saturated carbocycles. The highest BCUT2D eigenvalue weighted by molar-refractivity contribution is 7.85. The summed E-state index contributed by atoms with van der Waals surface area (Å²) in [5, 5.41) is 21.1. The summed E-state index contributed by atoms with van der Waals surface area (Å²) >= 11 is 0. The van der Waals surface area contributed by atoms with Crippen molar-refractivity contribution in [2.45, 2.75) is 62.7 Å². The summed E-state index contributed by atoms with van der Waals surface area (Å²) in [6.45, 7) is 6.25. The molecule has 0 fully saturated rings. The maximum atomic E-state index is 14.0. The van der Waals surface area contributed by atoms with Crippen LogP contribution in [0, 0.1) is 0 Å². The van der Waals surface area contributed by atoms with Crippen molar-refractivity contribution < 1.29 is 23.7 Å². The predicted octanol–water partition coefficient (Wildman–Crippen LogP) is 3.77. The molecule has 5 N–H and O–H groups in total. The second kappa shape index (κ2) is 14.6. The highest BCUT2D eigenvalue weighted by Crippen LogP contribution is 2.31. The van der Waals surface area contributed by atoms with Crippen molar-refractivity contribution >= 4 is 40.0 Å². The molecule has 0 aliphatic carbocycles. The summed E-state index contributed by atoms with van der Waals surface area (Å²) in [5.74, 6) is -0.683. The zero-order valence-electron chi connectivity index (χ0n) is 25.6. The van der Waals surface area contributed by atoms with Gasteiger partial charge >= 0.3 is 6.03 Å². The molecule has 10 nitrogen and oxygen atoms in total. The maximum absolute atomic E-state index is 14.0. The molecule has 11 heteroatoms. The Morgan fingerprint density at radius 2 is 1.73 bits per heavy atom. The number of anilines is 2.